The molecule has 0 atom stereocenters. The Morgan fingerprint density at radius 3 is 2.74 bits per heavy atom. The van der Waals surface area contributed by atoms with Crippen LogP contribution in [0.1, 0.15) is 20.9 Å². The summed E-state index contributed by atoms with van der Waals surface area (Å²) < 4.78 is 14.5. The fraction of sp³-hybridized carbons (Fsp3) is 0.200. The second kappa shape index (κ2) is 6.25. The van der Waals surface area contributed by atoms with Crippen LogP contribution in [0.5, 0.6) is 0 Å². The topological polar surface area (TPSA) is 80.9 Å². The lowest BCUT2D eigenvalue weighted by molar-refractivity contribution is 0.0701. The van der Waals surface area contributed by atoms with Crippen molar-refractivity contribution in [3.63, 3.8) is 0 Å². The predicted molar refractivity (Wildman–Crippen MR) is 82.9 cm³/mol. The number of hydrogen-bond donors (Lipinski definition) is 1. The summed E-state index contributed by atoms with van der Waals surface area (Å²) in [7, 11) is 0. The van der Waals surface area contributed by atoms with Gasteiger partial charge >= 0.3 is 5.97 Å². The summed E-state index contributed by atoms with van der Waals surface area (Å²) in [5.74, 6) is -1.25. The van der Waals surface area contributed by atoms with Crippen LogP contribution < -0.4 is 0 Å². The summed E-state index contributed by atoms with van der Waals surface area (Å²) in [6, 6.07) is 6.31. The minimum absolute atomic E-state index is 0.209. The van der Waals surface area contributed by atoms with Crippen LogP contribution in [0.25, 0.3) is 10.7 Å². The SMILES string of the molecule is Cc1nc(-c2cn(CCc3ccc(F)cc3)nn2)sc1C(=O)O. The molecule has 6 nitrogen and oxygen atoms in total. The molecule has 2 heterocycles. The Labute approximate surface area is 135 Å². The lowest BCUT2D eigenvalue weighted by Gasteiger charge is -2.00. The molecule has 2 aromatic heterocycles. The number of aromatic nitrogens is 4. The minimum Gasteiger partial charge on any atom is -0.477 e. The molecule has 0 spiro atoms. The molecular formula is C15H13FN4O2S. The van der Waals surface area contributed by atoms with E-state index in [4.69, 9.17) is 5.11 Å². The van der Waals surface area contributed by atoms with Crippen molar-refractivity contribution in [3.05, 3.63) is 52.4 Å². The van der Waals surface area contributed by atoms with E-state index in [9.17, 15) is 9.18 Å². The molecule has 3 rings (SSSR count). The number of rotatable bonds is 5. The van der Waals surface area contributed by atoms with Crippen molar-refractivity contribution in [1.82, 2.24) is 20.0 Å². The Kier molecular flexibility index (Phi) is 4.16. The Morgan fingerprint density at radius 1 is 1.35 bits per heavy atom. The standard InChI is InChI=1S/C15H13FN4O2S/c1-9-13(15(21)22)23-14(17-9)12-8-20(19-18-12)7-6-10-2-4-11(16)5-3-10/h2-5,8H,6-7H2,1H3,(H,21,22). The van der Waals surface area contributed by atoms with Crippen LogP contribution in [0.15, 0.2) is 30.5 Å². The summed E-state index contributed by atoms with van der Waals surface area (Å²) in [6.07, 6.45) is 2.42. The van der Waals surface area contributed by atoms with Gasteiger partial charge in [-0.1, -0.05) is 17.3 Å². The summed E-state index contributed by atoms with van der Waals surface area (Å²) in [6.45, 7) is 2.25. The Bertz CT molecular complexity index is 842. The average Bonchev–Trinajstić information content (AvgIpc) is 3.13. The van der Waals surface area contributed by atoms with Gasteiger partial charge in [0.15, 0.2) is 0 Å². The molecule has 118 valence electrons. The number of carboxylic acids is 1. The number of aryl methyl sites for hydroxylation is 3. The van der Waals surface area contributed by atoms with Gasteiger partial charge in [0.2, 0.25) is 0 Å². The summed E-state index contributed by atoms with van der Waals surface area (Å²) in [5.41, 5.74) is 2.02. The number of aromatic carboxylic acids is 1. The molecule has 0 aliphatic rings. The van der Waals surface area contributed by atoms with Gasteiger partial charge in [-0.05, 0) is 31.0 Å². The van der Waals surface area contributed by atoms with Crippen molar-refractivity contribution in [3.8, 4) is 10.7 Å². The van der Waals surface area contributed by atoms with Crippen molar-refractivity contribution in [2.45, 2.75) is 19.9 Å². The van der Waals surface area contributed by atoms with Crippen molar-refractivity contribution in [2.75, 3.05) is 0 Å². The quantitative estimate of drug-likeness (QED) is 0.777. The van der Waals surface area contributed by atoms with Gasteiger partial charge in [0.25, 0.3) is 0 Å². The maximum atomic E-state index is 12.9. The molecule has 0 bridgehead atoms. The van der Waals surface area contributed by atoms with Crippen LogP contribution in [0, 0.1) is 12.7 Å². The summed E-state index contributed by atoms with van der Waals surface area (Å²) >= 11 is 1.08. The van der Waals surface area contributed by atoms with Crippen molar-refractivity contribution in [1.29, 1.82) is 0 Å². The summed E-state index contributed by atoms with van der Waals surface area (Å²) in [4.78, 5) is 15.5. The third-order valence-corrected chi connectivity index (χ3v) is 4.46. The molecule has 23 heavy (non-hydrogen) atoms. The van der Waals surface area contributed by atoms with Crippen LogP contribution in [-0.2, 0) is 13.0 Å². The number of carboxylic acid groups (broad SMARTS) is 1. The first-order valence-electron chi connectivity index (χ1n) is 6.88. The number of hydrogen-bond acceptors (Lipinski definition) is 5. The second-order valence-electron chi connectivity index (χ2n) is 4.98. The Hall–Kier alpha value is -2.61. The third kappa shape index (κ3) is 3.42. The highest BCUT2D eigenvalue weighted by molar-refractivity contribution is 7.16. The lowest BCUT2D eigenvalue weighted by Crippen LogP contribution is -2.02. The van der Waals surface area contributed by atoms with Gasteiger partial charge in [-0.2, -0.15) is 0 Å². The monoisotopic (exact) mass is 332 g/mol. The van der Waals surface area contributed by atoms with E-state index in [2.05, 4.69) is 15.3 Å². The molecule has 0 aliphatic heterocycles. The van der Waals surface area contributed by atoms with Crippen molar-refractivity contribution in [2.24, 2.45) is 0 Å². The molecule has 0 amide bonds. The number of benzene rings is 1. The first-order valence-corrected chi connectivity index (χ1v) is 7.70. The highest BCUT2D eigenvalue weighted by atomic mass is 32.1. The number of nitrogens with zero attached hydrogens (tertiary/aromatic N) is 4. The highest BCUT2D eigenvalue weighted by Gasteiger charge is 2.16. The fourth-order valence-electron chi connectivity index (χ4n) is 2.10. The molecule has 0 fully saturated rings. The van der Waals surface area contributed by atoms with Crippen molar-refractivity contribution >= 4 is 17.3 Å². The minimum atomic E-state index is -0.991. The third-order valence-electron chi connectivity index (χ3n) is 3.29. The molecule has 8 heteroatoms. The molecule has 0 saturated heterocycles. The van der Waals surface area contributed by atoms with Gasteiger partial charge in [0.05, 0.1) is 11.9 Å². The number of thiazole rings is 1. The van der Waals surface area contributed by atoms with Crippen LogP contribution in [0.3, 0.4) is 0 Å². The van der Waals surface area contributed by atoms with Crippen LogP contribution in [0.2, 0.25) is 0 Å². The van der Waals surface area contributed by atoms with Gasteiger partial charge in [0, 0.05) is 6.54 Å². The maximum Gasteiger partial charge on any atom is 0.347 e. The Morgan fingerprint density at radius 2 is 2.09 bits per heavy atom. The van der Waals surface area contributed by atoms with E-state index < -0.39 is 5.97 Å². The smallest absolute Gasteiger partial charge is 0.347 e. The molecule has 3 aromatic rings. The van der Waals surface area contributed by atoms with Gasteiger partial charge in [-0.25, -0.2) is 14.2 Å². The predicted octanol–water partition coefficient (Wildman–Crippen LogP) is 2.79. The van der Waals surface area contributed by atoms with E-state index >= 15 is 0 Å². The molecular weight excluding hydrogens is 319 g/mol. The fourth-order valence-corrected chi connectivity index (χ4v) is 2.96. The number of halogens is 1. The lowest BCUT2D eigenvalue weighted by atomic mass is 10.1. The first-order chi connectivity index (χ1) is 11.0. The van der Waals surface area contributed by atoms with Gasteiger partial charge in [0.1, 0.15) is 21.4 Å². The molecule has 1 N–H and O–H groups in total. The Balaban J connectivity index is 1.71. The zero-order valence-corrected chi connectivity index (χ0v) is 13.0. The van der Waals surface area contributed by atoms with Crippen molar-refractivity contribution < 1.29 is 14.3 Å². The normalized spacial score (nSPS) is 10.9. The highest BCUT2D eigenvalue weighted by Crippen LogP contribution is 2.26. The molecule has 0 unspecified atom stereocenters. The first kappa shape index (κ1) is 15.3. The molecule has 0 aliphatic carbocycles. The molecule has 0 radical (unpaired) electrons. The zero-order valence-electron chi connectivity index (χ0n) is 12.2. The van der Waals surface area contributed by atoms with E-state index in [1.807, 2.05) is 0 Å². The maximum absolute atomic E-state index is 12.9. The van der Waals surface area contributed by atoms with Crippen LogP contribution in [-0.4, -0.2) is 31.1 Å². The van der Waals surface area contributed by atoms with Crippen LogP contribution >= 0.6 is 11.3 Å². The number of carbonyl (C=O) groups is 1. The van der Waals surface area contributed by atoms with E-state index in [1.54, 1.807) is 29.9 Å². The second-order valence-corrected chi connectivity index (χ2v) is 5.98. The molecule has 1 aromatic carbocycles. The van der Waals surface area contributed by atoms with Gasteiger partial charge in [-0.3, -0.25) is 4.68 Å². The average molecular weight is 332 g/mol. The van der Waals surface area contributed by atoms with E-state index in [-0.39, 0.29) is 10.7 Å². The summed E-state index contributed by atoms with van der Waals surface area (Å²) in [5, 5.41) is 17.7. The van der Waals surface area contributed by atoms with Crippen LogP contribution in [0.4, 0.5) is 4.39 Å². The van der Waals surface area contributed by atoms with E-state index in [0.29, 0.717) is 29.4 Å². The van der Waals surface area contributed by atoms with E-state index in [1.165, 1.54) is 12.1 Å². The van der Waals surface area contributed by atoms with Gasteiger partial charge < -0.3 is 5.11 Å². The molecule has 0 saturated carbocycles. The zero-order chi connectivity index (χ0) is 16.4. The van der Waals surface area contributed by atoms with Gasteiger partial charge in [-0.15, -0.1) is 16.4 Å². The van der Waals surface area contributed by atoms with E-state index in [0.717, 1.165) is 16.9 Å². The largest absolute Gasteiger partial charge is 0.477 e.